The highest BCUT2D eigenvalue weighted by Crippen LogP contribution is 2.33. The molecule has 0 bridgehead atoms. The molecule has 0 spiro atoms. The molecule has 7 nitrogen and oxygen atoms in total. The second-order valence-corrected chi connectivity index (χ2v) is 6.57. The molecule has 1 aromatic carbocycles. The summed E-state index contributed by atoms with van der Waals surface area (Å²) in [6.45, 7) is 2.62. The van der Waals surface area contributed by atoms with Crippen LogP contribution in [0.1, 0.15) is 16.8 Å². The predicted molar refractivity (Wildman–Crippen MR) is 94.6 cm³/mol. The number of hydrogen-bond donors (Lipinski definition) is 1. The molecular weight excluding hydrogens is 332 g/mol. The summed E-state index contributed by atoms with van der Waals surface area (Å²) in [5.41, 5.74) is 3.79. The van der Waals surface area contributed by atoms with Crippen molar-refractivity contribution in [3.8, 4) is 17.2 Å². The number of H-pyrrole nitrogens is 1. The summed E-state index contributed by atoms with van der Waals surface area (Å²) in [6.07, 6.45) is 4.40. The topological polar surface area (TPSA) is 72.4 Å². The fourth-order valence-electron chi connectivity index (χ4n) is 3.57. The van der Waals surface area contributed by atoms with Gasteiger partial charge in [0, 0.05) is 43.7 Å². The molecule has 2 aliphatic rings. The Hall–Kier alpha value is -3.06. The largest absolute Gasteiger partial charge is 0.454 e. The van der Waals surface area contributed by atoms with Gasteiger partial charge in [-0.05, 0) is 30.2 Å². The molecule has 5 rings (SSSR count). The molecule has 1 N–H and O–H groups in total. The number of nitrogens with one attached hydrogen (secondary N) is 1. The lowest BCUT2D eigenvalue weighted by molar-refractivity contribution is 0.174. The molecule has 7 heteroatoms. The summed E-state index contributed by atoms with van der Waals surface area (Å²) in [4.78, 5) is 19.3. The van der Waals surface area contributed by atoms with Crippen molar-refractivity contribution < 1.29 is 9.47 Å². The summed E-state index contributed by atoms with van der Waals surface area (Å²) in [5, 5.41) is 3.28. The van der Waals surface area contributed by atoms with E-state index in [1.807, 2.05) is 30.5 Å². The maximum absolute atomic E-state index is 12.8. The molecule has 0 fully saturated rings. The van der Waals surface area contributed by atoms with E-state index >= 15 is 0 Å². The fraction of sp³-hybridized carbons (Fsp3) is 0.263. The second kappa shape index (κ2) is 6.03. The molecule has 2 aromatic heterocycles. The van der Waals surface area contributed by atoms with Gasteiger partial charge < -0.3 is 9.47 Å². The van der Waals surface area contributed by atoms with Gasteiger partial charge in [0.1, 0.15) is 0 Å². The number of ether oxygens (including phenoxy) is 2. The van der Waals surface area contributed by atoms with E-state index in [4.69, 9.17) is 9.47 Å². The average Bonchev–Trinajstić information content (AvgIpc) is 3.26. The normalized spacial score (nSPS) is 15.8. The molecule has 0 radical (unpaired) electrons. The van der Waals surface area contributed by atoms with Crippen LogP contribution in [0.5, 0.6) is 11.5 Å². The number of pyridine rings is 1. The highest BCUT2D eigenvalue weighted by molar-refractivity contribution is 5.50. The van der Waals surface area contributed by atoms with Crippen molar-refractivity contribution in [2.24, 2.45) is 0 Å². The van der Waals surface area contributed by atoms with Gasteiger partial charge >= 0.3 is 0 Å². The van der Waals surface area contributed by atoms with Gasteiger partial charge in [-0.3, -0.25) is 19.8 Å². The molecule has 0 saturated heterocycles. The zero-order valence-corrected chi connectivity index (χ0v) is 14.1. The number of nitrogens with zero attached hydrogens (tertiary/aromatic N) is 3. The maximum Gasteiger partial charge on any atom is 0.274 e. The van der Waals surface area contributed by atoms with Gasteiger partial charge in [-0.1, -0.05) is 6.07 Å². The predicted octanol–water partition coefficient (Wildman–Crippen LogP) is 1.85. The van der Waals surface area contributed by atoms with Crippen molar-refractivity contribution in [1.29, 1.82) is 0 Å². The number of benzene rings is 1. The Bertz CT molecular complexity index is 1010. The van der Waals surface area contributed by atoms with Crippen LogP contribution in [-0.2, 0) is 19.5 Å². The van der Waals surface area contributed by atoms with Gasteiger partial charge in [-0.25, -0.2) is 4.68 Å². The van der Waals surface area contributed by atoms with E-state index in [9.17, 15) is 4.79 Å². The van der Waals surface area contributed by atoms with Gasteiger partial charge in [0.25, 0.3) is 5.56 Å². The molecule has 2 aliphatic heterocycles. The standard InChI is InChI=1S/C19H18N4O3/c24-19-15-5-7-22(10-13-2-1-6-20-9-13)11-16(15)21-23(19)14-3-4-17-18(8-14)26-12-25-17/h1-4,6,8-9,21H,5,7,10-12H2. The van der Waals surface area contributed by atoms with Crippen molar-refractivity contribution >= 4 is 0 Å². The lowest BCUT2D eigenvalue weighted by atomic mass is 10.1. The number of hydrogen-bond acceptors (Lipinski definition) is 5. The highest BCUT2D eigenvalue weighted by atomic mass is 16.7. The third-order valence-corrected chi connectivity index (χ3v) is 4.88. The third kappa shape index (κ3) is 2.57. The second-order valence-electron chi connectivity index (χ2n) is 6.57. The van der Waals surface area contributed by atoms with E-state index < -0.39 is 0 Å². The van der Waals surface area contributed by atoms with Crippen LogP contribution in [0.25, 0.3) is 5.69 Å². The quantitative estimate of drug-likeness (QED) is 0.780. The molecule has 3 aromatic rings. The van der Waals surface area contributed by atoms with E-state index in [0.717, 1.165) is 43.0 Å². The smallest absolute Gasteiger partial charge is 0.274 e. The van der Waals surface area contributed by atoms with Crippen LogP contribution in [0.4, 0.5) is 0 Å². The number of fused-ring (bicyclic) bond motifs is 2. The van der Waals surface area contributed by atoms with Crippen LogP contribution < -0.4 is 15.0 Å². The molecule has 132 valence electrons. The summed E-state index contributed by atoms with van der Waals surface area (Å²) in [6, 6.07) is 9.55. The monoisotopic (exact) mass is 350 g/mol. The molecular formula is C19H18N4O3. The van der Waals surface area contributed by atoms with Crippen molar-refractivity contribution in [2.75, 3.05) is 13.3 Å². The van der Waals surface area contributed by atoms with Gasteiger partial charge in [0.05, 0.1) is 11.4 Å². The number of rotatable bonds is 3. The minimum atomic E-state index is 0.0138. The van der Waals surface area contributed by atoms with Crippen LogP contribution in [-0.4, -0.2) is 33.0 Å². The van der Waals surface area contributed by atoms with Gasteiger partial charge in [-0.15, -0.1) is 0 Å². The van der Waals surface area contributed by atoms with Crippen LogP contribution in [0.15, 0.2) is 47.5 Å². The van der Waals surface area contributed by atoms with Crippen molar-refractivity contribution in [3.05, 3.63) is 69.9 Å². The van der Waals surface area contributed by atoms with Crippen molar-refractivity contribution in [1.82, 2.24) is 19.7 Å². The first-order valence-electron chi connectivity index (χ1n) is 8.62. The summed E-state index contributed by atoms with van der Waals surface area (Å²) in [5.74, 6) is 1.38. The van der Waals surface area contributed by atoms with Crippen LogP contribution in [0, 0.1) is 0 Å². The molecule has 0 unspecified atom stereocenters. The first-order valence-corrected chi connectivity index (χ1v) is 8.62. The first-order chi connectivity index (χ1) is 12.8. The van der Waals surface area contributed by atoms with E-state index in [1.165, 1.54) is 5.56 Å². The van der Waals surface area contributed by atoms with Gasteiger partial charge in [0.2, 0.25) is 6.79 Å². The van der Waals surface area contributed by atoms with Crippen molar-refractivity contribution in [2.45, 2.75) is 19.5 Å². The molecule has 4 heterocycles. The lowest BCUT2D eigenvalue weighted by Crippen LogP contribution is -2.31. The zero-order chi connectivity index (χ0) is 17.5. The lowest BCUT2D eigenvalue weighted by Gasteiger charge is -2.25. The number of aromatic amines is 1. The van der Waals surface area contributed by atoms with Gasteiger partial charge in [0.15, 0.2) is 11.5 Å². The van der Waals surface area contributed by atoms with E-state index in [-0.39, 0.29) is 12.4 Å². The van der Waals surface area contributed by atoms with Crippen molar-refractivity contribution in [3.63, 3.8) is 0 Å². The Morgan fingerprint density at radius 1 is 1.19 bits per heavy atom. The summed E-state index contributed by atoms with van der Waals surface area (Å²) >= 11 is 0. The van der Waals surface area contributed by atoms with Crippen LogP contribution >= 0.6 is 0 Å². The minimum absolute atomic E-state index is 0.0138. The zero-order valence-electron chi connectivity index (χ0n) is 14.1. The Morgan fingerprint density at radius 3 is 3.00 bits per heavy atom. The molecule has 0 aliphatic carbocycles. The highest BCUT2D eigenvalue weighted by Gasteiger charge is 2.24. The van der Waals surface area contributed by atoms with E-state index in [2.05, 4.69) is 21.0 Å². The third-order valence-electron chi connectivity index (χ3n) is 4.88. The van der Waals surface area contributed by atoms with Crippen LogP contribution in [0.2, 0.25) is 0 Å². The Labute approximate surface area is 149 Å². The van der Waals surface area contributed by atoms with Gasteiger partial charge in [-0.2, -0.15) is 0 Å². The molecule has 0 amide bonds. The Morgan fingerprint density at radius 2 is 2.12 bits per heavy atom. The molecule has 0 atom stereocenters. The van der Waals surface area contributed by atoms with E-state index in [0.29, 0.717) is 11.5 Å². The first kappa shape index (κ1) is 15.2. The number of aromatic nitrogens is 3. The summed E-state index contributed by atoms with van der Waals surface area (Å²) in [7, 11) is 0. The maximum atomic E-state index is 12.8. The fourth-order valence-corrected chi connectivity index (χ4v) is 3.57. The van der Waals surface area contributed by atoms with E-state index in [1.54, 1.807) is 10.9 Å². The molecule has 0 saturated carbocycles. The molecule has 26 heavy (non-hydrogen) atoms. The Balaban J connectivity index is 1.43. The summed E-state index contributed by atoms with van der Waals surface area (Å²) < 4.78 is 12.4. The Kier molecular flexibility index (Phi) is 3.53. The average molecular weight is 350 g/mol. The van der Waals surface area contributed by atoms with Crippen LogP contribution in [0.3, 0.4) is 0 Å². The SMILES string of the molecule is O=c1c2c([nH]n1-c1ccc3c(c1)OCO3)CN(Cc1cccnc1)CC2. The minimum Gasteiger partial charge on any atom is -0.454 e.